The molecule has 6 heteroatoms. The Kier molecular flexibility index (Phi) is 10.5. The summed E-state index contributed by atoms with van der Waals surface area (Å²) in [6, 6.07) is 28.0. The van der Waals surface area contributed by atoms with Crippen molar-refractivity contribution >= 4 is 21.8 Å². The van der Waals surface area contributed by atoms with E-state index in [2.05, 4.69) is 139 Å². The fourth-order valence-electron chi connectivity index (χ4n) is 8.27. The maximum Gasteiger partial charge on any atom is 2.00 e. The summed E-state index contributed by atoms with van der Waals surface area (Å²) in [6.07, 6.45) is 5.69. The van der Waals surface area contributed by atoms with E-state index in [1.165, 1.54) is 17.7 Å². The SMILES string of the molecule is Cc1cc(Oc2[c-]c3c(cc2)c2ccccc2n3-c2cc(C)ccn2)[c-]c(-n2nc(C)c(C3C(C(C)C)=C[C@H](C(C)C)C[C@@H]3C(C)C)c2C)c1.[Pt+2]. The van der Waals surface area contributed by atoms with Crippen molar-refractivity contribution in [2.45, 2.75) is 81.6 Å². The topological polar surface area (TPSA) is 44.9 Å². The number of fused-ring (bicyclic) bond motifs is 3. The van der Waals surface area contributed by atoms with Gasteiger partial charge in [0.2, 0.25) is 0 Å². The zero-order valence-corrected chi connectivity index (χ0v) is 33.9. The van der Waals surface area contributed by atoms with E-state index in [1.54, 1.807) is 5.57 Å². The van der Waals surface area contributed by atoms with Crippen LogP contribution in [0.3, 0.4) is 0 Å². The van der Waals surface area contributed by atoms with Crippen LogP contribution in [-0.4, -0.2) is 19.3 Å². The van der Waals surface area contributed by atoms with Crippen LogP contribution in [-0.2, 0) is 21.1 Å². The van der Waals surface area contributed by atoms with Gasteiger partial charge in [-0.2, -0.15) is 16.7 Å². The van der Waals surface area contributed by atoms with Crippen molar-refractivity contribution < 1.29 is 25.8 Å². The van der Waals surface area contributed by atoms with Crippen LogP contribution in [0.2, 0.25) is 0 Å². The largest absolute Gasteiger partial charge is 2.00 e. The van der Waals surface area contributed by atoms with Gasteiger partial charge >= 0.3 is 21.1 Å². The molecule has 5 nitrogen and oxygen atoms in total. The predicted octanol–water partition coefficient (Wildman–Crippen LogP) is 11.6. The van der Waals surface area contributed by atoms with Crippen molar-refractivity contribution in [3.8, 4) is 23.0 Å². The molecule has 0 saturated carbocycles. The van der Waals surface area contributed by atoms with Crippen molar-refractivity contribution in [2.24, 2.45) is 29.6 Å². The molecule has 0 amide bonds. The second-order valence-corrected chi connectivity index (χ2v) is 15.5. The third kappa shape index (κ3) is 6.87. The molecule has 3 aromatic carbocycles. The summed E-state index contributed by atoms with van der Waals surface area (Å²) in [6.45, 7) is 22.9. The third-order valence-electron chi connectivity index (χ3n) is 10.9. The van der Waals surface area contributed by atoms with Crippen molar-refractivity contribution in [1.82, 2.24) is 19.3 Å². The summed E-state index contributed by atoms with van der Waals surface area (Å²) in [5, 5.41) is 7.46. The number of benzene rings is 3. The van der Waals surface area contributed by atoms with E-state index in [0.29, 0.717) is 47.0 Å². The molecule has 1 aliphatic carbocycles. The first-order valence-electron chi connectivity index (χ1n) is 18.3. The minimum Gasteiger partial charge on any atom is -0.509 e. The van der Waals surface area contributed by atoms with Gasteiger partial charge in [0.1, 0.15) is 5.82 Å². The number of aryl methyl sites for hydroxylation is 3. The maximum atomic E-state index is 6.57. The van der Waals surface area contributed by atoms with E-state index in [0.717, 1.165) is 50.1 Å². The molecule has 0 spiro atoms. The number of rotatable bonds is 8. The van der Waals surface area contributed by atoms with Gasteiger partial charge in [-0.1, -0.05) is 83.8 Å². The molecule has 3 heterocycles. The maximum absolute atomic E-state index is 6.57. The Morgan fingerprint density at radius 2 is 1.57 bits per heavy atom. The van der Waals surface area contributed by atoms with Crippen molar-refractivity contribution in [1.29, 1.82) is 0 Å². The van der Waals surface area contributed by atoms with Crippen LogP contribution < -0.4 is 4.74 Å². The van der Waals surface area contributed by atoms with Crippen molar-refractivity contribution in [3.63, 3.8) is 0 Å². The normalized spacial score (nSPS) is 17.8. The Balaban J connectivity index is 0.00000448. The number of para-hydroxylation sites is 1. The van der Waals surface area contributed by atoms with Gasteiger partial charge in [-0.25, -0.2) is 4.98 Å². The van der Waals surface area contributed by atoms with E-state index in [-0.39, 0.29) is 21.1 Å². The molecular formula is C45H50N4OPt. The summed E-state index contributed by atoms with van der Waals surface area (Å²) in [5.41, 5.74) is 10.4. The summed E-state index contributed by atoms with van der Waals surface area (Å²) in [5.74, 6) is 5.35. The van der Waals surface area contributed by atoms with Crippen LogP contribution in [0.15, 0.2) is 78.5 Å². The third-order valence-corrected chi connectivity index (χ3v) is 10.9. The van der Waals surface area contributed by atoms with Gasteiger partial charge in [-0.15, -0.1) is 35.7 Å². The van der Waals surface area contributed by atoms with Crippen LogP contribution in [0.5, 0.6) is 11.5 Å². The van der Waals surface area contributed by atoms with Gasteiger partial charge in [0, 0.05) is 40.4 Å². The molecule has 0 N–H and O–H groups in total. The predicted molar refractivity (Wildman–Crippen MR) is 206 cm³/mol. The van der Waals surface area contributed by atoms with E-state index in [4.69, 9.17) is 14.8 Å². The second-order valence-electron chi connectivity index (χ2n) is 15.5. The summed E-state index contributed by atoms with van der Waals surface area (Å²) in [7, 11) is 0. The molecular weight excluding hydrogens is 808 g/mol. The first-order valence-corrected chi connectivity index (χ1v) is 18.3. The minimum absolute atomic E-state index is 0. The molecule has 0 fully saturated rings. The van der Waals surface area contributed by atoms with Crippen LogP contribution in [0.1, 0.15) is 82.0 Å². The fraction of sp³-hybridized carbons (Fsp3) is 0.378. The average molecular weight is 858 g/mol. The Morgan fingerprint density at radius 1 is 0.804 bits per heavy atom. The quantitative estimate of drug-likeness (QED) is 0.113. The number of nitrogens with zero attached hydrogens (tertiary/aromatic N) is 4. The summed E-state index contributed by atoms with van der Waals surface area (Å²) < 4.78 is 10.8. The minimum atomic E-state index is 0. The molecule has 51 heavy (non-hydrogen) atoms. The number of pyridine rings is 1. The van der Waals surface area contributed by atoms with Crippen molar-refractivity contribution in [2.75, 3.05) is 0 Å². The van der Waals surface area contributed by atoms with Crippen LogP contribution >= 0.6 is 0 Å². The van der Waals surface area contributed by atoms with E-state index >= 15 is 0 Å². The van der Waals surface area contributed by atoms with Gasteiger partial charge in [-0.05, 0) is 91.6 Å². The number of hydrogen-bond acceptors (Lipinski definition) is 3. The number of allylic oxidation sites excluding steroid dienone is 2. The van der Waals surface area contributed by atoms with Gasteiger partial charge in [0.25, 0.3) is 0 Å². The van der Waals surface area contributed by atoms with Crippen LogP contribution in [0.25, 0.3) is 33.3 Å². The molecule has 1 aliphatic rings. The molecule has 266 valence electrons. The van der Waals surface area contributed by atoms with Gasteiger partial charge in [0.05, 0.1) is 5.69 Å². The van der Waals surface area contributed by atoms with Crippen molar-refractivity contribution in [3.05, 3.63) is 119 Å². The Labute approximate surface area is 318 Å². The summed E-state index contributed by atoms with van der Waals surface area (Å²) >= 11 is 0. The smallest absolute Gasteiger partial charge is 0.509 e. The van der Waals surface area contributed by atoms with Gasteiger partial charge in [0.15, 0.2) is 0 Å². The van der Waals surface area contributed by atoms with Gasteiger partial charge in [-0.3, -0.25) is 4.68 Å². The molecule has 3 aromatic heterocycles. The van der Waals surface area contributed by atoms with E-state index in [9.17, 15) is 0 Å². The second kappa shape index (κ2) is 14.6. The zero-order valence-electron chi connectivity index (χ0n) is 31.6. The standard InChI is InChI=1S/C45H50N4O.Pt/c1-26(2)33-22-39(27(3)4)45(40(23-33)28(5)6)44-31(9)47-49(32(44)10)34-19-30(8)20-36(24-34)50-35-15-16-38-37-13-11-12-14-41(37)48(42(38)25-35)43-21-29(7)17-18-46-43;/h11-22,26-28,33,40,45H,23H2,1-10H3;/q-2;+2/t33-,40+,45?;/m0./s1. The monoisotopic (exact) mass is 857 g/mol. The van der Waals surface area contributed by atoms with Gasteiger partial charge < -0.3 is 9.30 Å². The Bertz CT molecular complexity index is 2240. The molecule has 0 bridgehead atoms. The van der Waals surface area contributed by atoms with Crippen LogP contribution in [0.4, 0.5) is 0 Å². The Hall–Kier alpha value is -3.95. The van der Waals surface area contributed by atoms with Crippen LogP contribution in [0, 0.1) is 69.4 Å². The first kappa shape index (κ1) is 36.8. The molecule has 7 rings (SSSR count). The molecule has 0 radical (unpaired) electrons. The molecule has 1 unspecified atom stereocenters. The first-order chi connectivity index (χ1) is 23.9. The molecule has 0 saturated heterocycles. The van der Waals surface area contributed by atoms with E-state index in [1.807, 2.05) is 24.4 Å². The van der Waals surface area contributed by atoms with E-state index < -0.39 is 0 Å². The number of aromatic nitrogens is 4. The molecule has 3 atom stereocenters. The number of ether oxygens (including phenoxy) is 1. The molecule has 6 aromatic rings. The zero-order chi connectivity index (χ0) is 35.4. The Morgan fingerprint density at radius 3 is 2.27 bits per heavy atom. The fourth-order valence-corrected chi connectivity index (χ4v) is 8.27. The average Bonchev–Trinajstić information content (AvgIpc) is 3.56. The summed E-state index contributed by atoms with van der Waals surface area (Å²) in [4.78, 5) is 4.73. The number of hydrogen-bond donors (Lipinski definition) is 0. The molecule has 0 aliphatic heterocycles.